The second-order valence-corrected chi connectivity index (χ2v) is 14.9. The van der Waals surface area contributed by atoms with Gasteiger partial charge in [-0.05, 0) is 30.2 Å². The average Bonchev–Trinajstić information content (AvgIpc) is 3.52. The van der Waals surface area contributed by atoms with Crippen LogP contribution in [0.3, 0.4) is 0 Å². The van der Waals surface area contributed by atoms with E-state index in [0.29, 0.717) is 23.7 Å². The zero-order chi connectivity index (χ0) is 24.8. The number of nitrogens with zero attached hydrogens (tertiary/aromatic N) is 5. The fourth-order valence-electron chi connectivity index (χ4n) is 3.55. The normalized spacial score (nSPS) is 11.5. The third-order valence-corrected chi connectivity index (χ3v) is 7.08. The molecule has 0 aliphatic carbocycles. The fraction of sp³-hybridized carbons (Fsp3) is 0.320. The molecule has 0 unspecified atom stereocenters. The van der Waals surface area contributed by atoms with Crippen molar-refractivity contribution in [2.24, 2.45) is 0 Å². The van der Waals surface area contributed by atoms with Crippen LogP contribution in [0.2, 0.25) is 25.7 Å². The number of benzene rings is 2. The highest BCUT2D eigenvalue weighted by Gasteiger charge is 2.23. The quantitative estimate of drug-likeness (QED) is 0.192. The first-order valence-corrected chi connectivity index (χ1v) is 15.3. The molecule has 35 heavy (non-hydrogen) atoms. The van der Waals surface area contributed by atoms with Gasteiger partial charge in [-0.15, -0.1) is 5.10 Å². The molecule has 0 fully saturated rings. The van der Waals surface area contributed by atoms with Gasteiger partial charge in [0.15, 0.2) is 18.2 Å². The standard InChI is InChI=1S/C25H30N6O3Si/c1-5-34-25(32)23-22(29-31(30-23)17-33-13-14-35(2,3)4)19-11-12-20(18-9-7-6-8-10-18)21(15-19)24-26-16-27-28-24/h6-12,15-16H,5,13-14,17H2,1-4H3,(H,26,27,28). The van der Waals surface area contributed by atoms with E-state index < -0.39 is 14.0 Å². The summed E-state index contributed by atoms with van der Waals surface area (Å²) in [5.41, 5.74) is 4.14. The molecule has 0 saturated carbocycles. The van der Waals surface area contributed by atoms with Gasteiger partial charge in [0.2, 0.25) is 0 Å². The molecule has 2 heterocycles. The molecule has 0 aliphatic heterocycles. The number of carbonyl (C=O) groups excluding carboxylic acids is 1. The summed E-state index contributed by atoms with van der Waals surface area (Å²) >= 11 is 0. The molecule has 0 saturated heterocycles. The Balaban J connectivity index is 1.71. The Labute approximate surface area is 205 Å². The Morgan fingerprint density at radius 1 is 1.03 bits per heavy atom. The Kier molecular flexibility index (Phi) is 7.52. The summed E-state index contributed by atoms with van der Waals surface area (Å²) in [6.45, 7) is 9.68. The number of ether oxygens (including phenoxy) is 2. The summed E-state index contributed by atoms with van der Waals surface area (Å²) in [7, 11) is -1.21. The van der Waals surface area contributed by atoms with E-state index in [4.69, 9.17) is 9.47 Å². The van der Waals surface area contributed by atoms with E-state index in [9.17, 15) is 4.79 Å². The molecule has 2 aromatic carbocycles. The summed E-state index contributed by atoms with van der Waals surface area (Å²) in [5, 5.41) is 15.9. The van der Waals surface area contributed by atoms with E-state index in [-0.39, 0.29) is 19.0 Å². The van der Waals surface area contributed by atoms with Crippen LogP contribution in [0.4, 0.5) is 0 Å². The number of nitrogens with one attached hydrogen (secondary N) is 1. The van der Waals surface area contributed by atoms with Crippen molar-refractivity contribution >= 4 is 14.0 Å². The van der Waals surface area contributed by atoms with E-state index in [1.165, 1.54) is 11.1 Å². The number of hydrogen-bond donors (Lipinski definition) is 1. The van der Waals surface area contributed by atoms with Crippen LogP contribution < -0.4 is 0 Å². The topological polar surface area (TPSA) is 108 Å². The van der Waals surface area contributed by atoms with Crippen LogP contribution in [0.25, 0.3) is 33.8 Å². The smallest absolute Gasteiger partial charge is 0.361 e. The second-order valence-electron chi connectivity index (χ2n) is 9.30. The predicted molar refractivity (Wildman–Crippen MR) is 136 cm³/mol. The van der Waals surface area contributed by atoms with Crippen molar-refractivity contribution in [1.82, 2.24) is 30.2 Å². The Morgan fingerprint density at radius 3 is 2.51 bits per heavy atom. The Morgan fingerprint density at radius 2 is 1.83 bits per heavy atom. The zero-order valence-electron chi connectivity index (χ0n) is 20.5. The minimum atomic E-state index is -1.21. The van der Waals surface area contributed by atoms with Crippen LogP contribution in [0, 0.1) is 0 Å². The van der Waals surface area contributed by atoms with Crippen molar-refractivity contribution < 1.29 is 14.3 Å². The van der Waals surface area contributed by atoms with Crippen molar-refractivity contribution in [1.29, 1.82) is 0 Å². The first kappa shape index (κ1) is 24.5. The van der Waals surface area contributed by atoms with Crippen LogP contribution >= 0.6 is 0 Å². The number of carbonyl (C=O) groups is 1. The molecule has 182 valence electrons. The molecule has 10 heteroatoms. The maximum atomic E-state index is 12.7. The highest BCUT2D eigenvalue weighted by Crippen LogP contribution is 2.34. The number of esters is 1. The summed E-state index contributed by atoms with van der Waals surface area (Å²) in [5.74, 6) is 0.0923. The van der Waals surface area contributed by atoms with Gasteiger partial charge >= 0.3 is 5.97 Å². The highest BCUT2D eigenvalue weighted by atomic mass is 28.3. The maximum absolute atomic E-state index is 12.7. The molecule has 0 bridgehead atoms. The molecular formula is C25H30N6O3Si. The maximum Gasteiger partial charge on any atom is 0.361 e. The van der Waals surface area contributed by atoms with Crippen LogP contribution in [0.5, 0.6) is 0 Å². The molecule has 1 N–H and O–H groups in total. The van der Waals surface area contributed by atoms with Crippen molar-refractivity contribution in [2.75, 3.05) is 13.2 Å². The molecule has 0 aliphatic rings. The molecule has 0 atom stereocenters. The lowest BCUT2D eigenvalue weighted by molar-refractivity contribution is 0.0507. The number of H-pyrrole nitrogens is 1. The van der Waals surface area contributed by atoms with Gasteiger partial charge in [-0.1, -0.05) is 62.1 Å². The van der Waals surface area contributed by atoms with Gasteiger partial charge < -0.3 is 9.47 Å². The lowest BCUT2D eigenvalue weighted by Gasteiger charge is -2.14. The molecule has 9 nitrogen and oxygen atoms in total. The molecule has 4 rings (SSSR count). The van der Waals surface area contributed by atoms with Gasteiger partial charge in [-0.25, -0.2) is 9.78 Å². The van der Waals surface area contributed by atoms with Crippen molar-refractivity contribution in [3.63, 3.8) is 0 Å². The van der Waals surface area contributed by atoms with Gasteiger partial charge in [-0.3, -0.25) is 5.10 Å². The number of rotatable bonds is 10. The van der Waals surface area contributed by atoms with Gasteiger partial charge in [0, 0.05) is 25.8 Å². The first-order chi connectivity index (χ1) is 16.9. The summed E-state index contributed by atoms with van der Waals surface area (Å²) < 4.78 is 11.0. The fourth-order valence-corrected chi connectivity index (χ4v) is 4.31. The summed E-state index contributed by atoms with van der Waals surface area (Å²) in [4.78, 5) is 18.5. The van der Waals surface area contributed by atoms with E-state index in [0.717, 1.165) is 22.7 Å². The molecular weight excluding hydrogens is 460 g/mol. The molecule has 0 radical (unpaired) electrons. The van der Waals surface area contributed by atoms with Crippen LogP contribution in [0.1, 0.15) is 17.4 Å². The SMILES string of the molecule is CCOC(=O)c1nn(COCC[Si](C)(C)C)nc1-c1ccc(-c2ccccc2)c(-c2ncn[nH]2)c1. The molecule has 2 aromatic heterocycles. The Hall–Kier alpha value is -3.63. The van der Waals surface area contributed by atoms with Crippen molar-refractivity contribution in [2.45, 2.75) is 39.3 Å². The van der Waals surface area contributed by atoms with E-state index >= 15 is 0 Å². The van der Waals surface area contributed by atoms with E-state index in [1.54, 1.807) is 6.92 Å². The number of aromatic amines is 1. The first-order valence-electron chi connectivity index (χ1n) is 11.6. The van der Waals surface area contributed by atoms with Crippen LogP contribution in [-0.2, 0) is 16.2 Å². The molecule has 4 aromatic rings. The largest absolute Gasteiger partial charge is 0.461 e. The lowest BCUT2D eigenvalue weighted by Crippen LogP contribution is -2.22. The van der Waals surface area contributed by atoms with Crippen LogP contribution in [-0.4, -0.2) is 57.4 Å². The van der Waals surface area contributed by atoms with Gasteiger partial charge in [0.05, 0.1) is 6.61 Å². The van der Waals surface area contributed by atoms with Crippen molar-refractivity contribution in [3.8, 4) is 33.8 Å². The third kappa shape index (κ3) is 6.09. The van der Waals surface area contributed by atoms with E-state index in [1.807, 2.05) is 48.5 Å². The minimum Gasteiger partial charge on any atom is -0.461 e. The second kappa shape index (κ2) is 10.7. The van der Waals surface area contributed by atoms with E-state index in [2.05, 4.69) is 45.0 Å². The molecule has 0 amide bonds. The molecule has 0 spiro atoms. The summed E-state index contributed by atoms with van der Waals surface area (Å²) in [6.07, 6.45) is 1.47. The minimum absolute atomic E-state index is 0.150. The highest BCUT2D eigenvalue weighted by molar-refractivity contribution is 6.76. The summed E-state index contributed by atoms with van der Waals surface area (Å²) in [6, 6.07) is 16.9. The number of aromatic nitrogens is 6. The average molecular weight is 491 g/mol. The Bertz CT molecular complexity index is 1270. The van der Waals surface area contributed by atoms with Gasteiger partial charge in [-0.2, -0.15) is 15.0 Å². The van der Waals surface area contributed by atoms with Crippen molar-refractivity contribution in [3.05, 3.63) is 60.6 Å². The van der Waals surface area contributed by atoms with Gasteiger partial charge in [0.25, 0.3) is 0 Å². The van der Waals surface area contributed by atoms with Gasteiger partial charge in [0.1, 0.15) is 12.0 Å². The van der Waals surface area contributed by atoms with Crippen LogP contribution in [0.15, 0.2) is 54.9 Å². The lowest BCUT2D eigenvalue weighted by atomic mass is 9.95. The monoisotopic (exact) mass is 490 g/mol. The number of hydrogen-bond acceptors (Lipinski definition) is 7. The predicted octanol–water partition coefficient (Wildman–Crippen LogP) is 4.89. The third-order valence-electron chi connectivity index (χ3n) is 5.38. The zero-order valence-corrected chi connectivity index (χ0v) is 21.5.